The molecule has 2 N–H and O–H groups in total. The van der Waals surface area contributed by atoms with Gasteiger partial charge in [0, 0.05) is 53.0 Å². The van der Waals surface area contributed by atoms with Crippen molar-refractivity contribution < 1.29 is 23.4 Å². The maximum Gasteiger partial charge on any atom is 0.410 e. The number of aromatic nitrogens is 1. The number of amides is 1. The third-order valence-corrected chi connectivity index (χ3v) is 7.47. The van der Waals surface area contributed by atoms with E-state index in [2.05, 4.69) is 6.07 Å². The fourth-order valence-electron chi connectivity index (χ4n) is 4.76. The van der Waals surface area contributed by atoms with Crippen LogP contribution in [-0.4, -0.2) is 48.4 Å². The van der Waals surface area contributed by atoms with E-state index in [-0.39, 0.29) is 12.7 Å². The number of nitrogens with zero attached hydrogens (tertiary/aromatic N) is 2. The van der Waals surface area contributed by atoms with Gasteiger partial charge in [-0.05, 0) is 68.0 Å². The molecule has 0 aliphatic carbocycles. The van der Waals surface area contributed by atoms with Crippen molar-refractivity contribution in [3.63, 3.8) is 0 Å². The van der Waals surface area contributed by atoms with Gasteiger partial charge < -0.3 is 24.8 Å². The molecule has 0 radical (unpaired) electrons. The summed E-state index contributed by atoms with van der Waals surface area (Å²) in [5, 5.41) is 2.97. The molecule has 7 nitrogen and oxygen atoms in total. The number of ether oxygens (including phenoxy) is 3. The van der Waals surface area contributed by atoms with E-state index in [0.29, 0.717) is 36.8 Å². The molecule has 0 saturated carbocycles. The minimum Gasteiger partial charge on any atom is -0.490 e. The van der Waals surface area contributed by atoms with Crippen molar-refractivity contribution >= 4 is 33.3 Å². The van der Waals surface area contributed by atoms with Crippen LogP contribution in [0.15, 0.2) is 47.8 Å². The van der Waals surface area contributed by atoms with Crippen LogP contribution < -0.4 is 10.5 Å². The molecule has 1 aliphatic rings. The molecular formula is C32H38FN3O4S. The molecule has 3 heterocycles. The second-order valence-corrected chi connectivity index (χ2v) is 11.4. The van der Waals surface area contributed by atoms with Crippen molar-refractivity contribution in [3.05, 3.63) is 64.8 Å². The van der Waals surface area contributed by atoms with E-state index in [9.17, 15) is 9.18 Å². The van der Waals surface area contributed by atoms with E-state index in [0.717, 1.165) is 38.9 Å². The van der Waals surface area contributed by atoms with Crippen LogP contribution in [0, 0.1) is 5.82 Å². The third-order valence-electron chi connectivity index (χ3n) is 6.54. The molecule has 41 heavy (non-hydrogen) atoms. The number of nitrogen functional groups attached to an aromatic ring is 1. The van der Waals surface area contributed by atoms with E-state index in [1.54, 1.807) is 29.4 Å². The molecule has 1 amide bonds. The molecule has 2 aromatic carbocycles. The fourth-order valence-corrected chi connectivity index (χ4v) is 5.73. The summed E-state index contributed by atoms with van der Waals surface area (Å²) in [7, 11) is 1.59. The van der Waals surface area contributed by atoms with Gasteiger partial charge in [0.05, 0.1) is 12.3 Å². The van der Waals surface area contributed by atoms with Gasteiger partial charge in [-0.3, -0.25) is 0 Å². The number of nitrogens with two attached hydrogens (primary N) is 1. The lowest BCUT2D eigenvalue weighted by Gasteiger charge is -2.31. The fraction of sp³-hybridized carbons (Fsp3) is 0.375. The Morgan fingerprint density at radius 2 is 1.88 bits per heavy atom. The molecule has 0 fully saturated rings. The molecule has 0 atom stereocenters. The number of methoxy groups -OCH3 is 1. The quantitative estimate of drug-likeness (QED) is 0.236. The molecule has 0 bridgehead atoms. The first kappa shape index (κ1) is 30.3. The predicted molar refractivity (Wildman–Crippen MR) is 164 cm³/mol. The molecule has 5 rings (SSSR count). The zero-order valence-electron chi connectivity index (χ0n) is 24.5. The number of rotatable bonds is 6. The van der Waals surface area contributed by atoms with Crippen LogP contribution in [0.1, 0.15) is 45.7 Å². The highest BCUT2D eigenvalue weighted by Gasteiger charge is 2.26. The van der Waals surface area contributed by atoms with Gasteiger partial charge in [-0.1, -0.05) is 26.0 Å². The summed E-state index contributed by atoms with van der Waals surface area (Å²) in [6.45, 7) is 11.4. The third kappa shape index (κ3) is 6.80. The highest BCUT2D eigenvalue weighted by Crippen LogP contribution is 2.44. The zero-order chi connectivity index (χ0) is 29.7. The first-order valence-corrected chi connectivity index (χ1v) is 14.7. The highest BCUT2D eigenvalue weighted by atomic mass is 32.1. The number of carbonyl (C=O) groups excluding carboxylic acids is 1. The van der Waals surface area contributed by atoms with Gasteiger partial charge in [-0.25, -0.2) is 14.2 Å². The number of pyridine rings is 1. The second-order valence-electron chi connectivity index (χ2n) is 10.5. The van der Waals surface area contributed by atoms with Crippen LogP contribution in [0.4, 0.5) is 15.0 Å². The van der Waals surface area contributed by atoms with Crippen molar-refractivity contribution in [1.82, 2.24) is 9.88 Å². The lowest BCUT2D eigenvalue weighted by Crippen LogP contribution is -2.39. The highest BCUT2D eigenvalue weighted by molar-refractivity contribution is 7.18. The van der Waals surface area contributed by atoms with E-state index >= 15 is 0 Å². The Hall–Kier alpha value is -3.69. The SMILES string of the molecule is CC.COCCOc1cc(F)ccc1-c1c(N)nc(-c2ccc3c(c2)CCN(C(=O)OC(C)(C)C)C3)c2ccsc12. The topological polar surface area (TPSA) is 86.9 Å². The zero-order valence-corrected chi connectivity index (χ0v) is 25.4. The number of hydrogen-bond acceptors (Lipinski definition) is 7. The minimum absolute atomic E-state index is 0.284. The normalized spacial score (nSPS) is 12.9. The summed E-state index contributed by atoms with van der Waals surface area (Å²) in [6.07, 6.45) is 0.425. The first-order valence-electron chi connectivity index (χ1n) is 13.8. The Kier molecular flexibility index (Phi) is 9.50. The number of benzene rings is 2. The van der Waals surface area contributed by atoms with E-state index in [4.69, 9.17) is 24.9 Å². The maximum atomic E-state index is 14.1. The Morgan fingerprint density at radius 1 is 1.10 bits per heavy atom. The van der Waals surface area contributed by atoms with Crippen molar-refractivity contribution in [3.8, 4) is 28.1 Å². The standard InChI is InChI=1S/C30H32FN3O4S.C2H6/c1-30(2,3)38-29(35)34-11-9-18-15-19(5-6-20(18)17-34)26-23-10-14-39-27(23)25(28(32)33-26)22-8-7-21(31)16-24(22)37-13-12-36-4;1-2/h5-8,10,14-16H,9,11-13,17H2,1-4H3,(H2,32,33);1-2H3. The lowest BCUT2D eigenvalue weighted by atomic mass is 9.94. The number of halogens is 1. The minimum atomic E-state index is -0.532. The summed E-state index contributed by atoms with van der Waals surface area (Å²) >= 11 is 1.56. The van der Waals surface area contributed by atoms with Gasteiger partial charge in [0.2, 0.25) is 0 Å². The Labute approximate surface area is 245 Å². The Bertz CT molecular complexity index is 1530. The molecule has 0 saturated heterocycles. The Morgan fingerprint density at radius 3 is 2.61 bits per heavy atom. The molecule has 9 heteroatoms. The predicted octanol–water partition coefficient (Wildman–Crippen LogP) is 7.70. The van der Waals surface area contributed by atoms with Crippen molar-refractivity contribution in [2.45, 2.75) is 53.2 Å². The summed E-state index contributed by atoms with van der Waals surface area (Å²) in [4.78, 5) is 19.2. The van der Waals surface area contributed by atoms with Crippen LogP contribution >= 0.6 is 11.3 Å². The number of fused-ring (bicyclic) bond motifs is 2. The van der Waals surface area contributed by atoms with Gasteiger partial charge in [0.1, 0.15) is 29.6 Å². The van der Waals surface area contributed by atoms with Gasteiger partial charge in [0.25, 0.3) is 0 Å². The molecular weight excluding hydrogens is 541 g/mol. The Balaban J connectivity index is 0.00000189. The molecule has 0 spiro atoms. The first-order chi connectivity index (χ1) is 19.6. The number of thiophene rings is 1. The van der Waals surface area contributed by atoms with Gasteiger partial charge in [0.15, 0.2) is 0 Å². The van der Waals surface area contributed by atoms with Gasteiger partial charge >= 0.3 is 6.09 Å². The van der Waals surface area contributed by atoms with E-state index in [1.807, 2.05) is 58.2 Å². The summed E-state index contributed by atoms with van der Waals surface area (Å²) in [5.74, 6) is 0.347. The molecule has 218 valence electrons. The van der Waals surface area contributed by atoms with Crippen LogP contribution in [-0.2, 0) is 22.4 Å². The van der Waals surface area contributed by atoms with Crippen molar-refractivity contribution in [2.75, 3.05) is 32.6 Å². The summed E-state index contributed by atoms with van der Waals surface area (Å²) in [5.41, 5.74) is 11.5. The molecule has 1 aliphatic heterocycles. The van der Waals surface area contributed by atoms with Gasteiger partial charge in [-0.15, -0.1) is 11.3 Å². The average molecular weight is 580 g/mol. The lowest BCUT2D eigenvalue weighted by molar-refractivity contribution is 0.0224. The largest absolute Gasteiger partial charge is 0.490 e. The molecule has 2 aromatic heterocycles. The van der Waals surface area contributed by atoms with Crippen molar-refractivity contribution in [2.24, 2.45) is 0 Å². The number of anilines is 1. The molecule has 4 aromatic rings. The van der Waals surface area contributed by atoms with Gasteiger partial charge in [-0.2, -0.15) is 0 Å². The average Bonchev–Trinajstić information content (AvgIpc) is 3.43. The van der Waals surface area contributed by atoms with Crippen LogP contribution in [0.5, 0.6) is 5.75 Å². The van der Waals surface area contributed by atoms with Crippen LogP contribution in [0.25, 0.3) is 32.5 Å². The molecule has 0 unspecified atom stereocenters. The summed E-state index contributed by atoms with van der Waals surface area (Å²) in [6, 6.07) is 12.7. The van der Waals surface area contributed by atoms with Crippen LogP contribution in [0.2, 0.25) is 0 Å². The smallest absolute Gasteiger partial charge is 0.410 e. The van der Waals surface area contributed by atoms with Crippen molar-refractivity contribution in [1.29, 1.82) is 0 Å². The monoisotopic (exact) mass is 579 g/mol. The number of hydrogen-bond donors (Lipinski definition) is 1. The van der Waals surface area contributed by atoms with E-state index < -0.39 is 11.4 Å². The maximum absolute atomic E-state index is 14.1. The number of carbonyl (C=O) groups is 1. The summed E-state index contributed by atoms with van der Waals surface area (Å²) < 4.78 is 31.5. The van der Waals surface area contributed by atoms with Crippen LogP contribution in [0.3, 0.4) is 0 Å². The second kappa shape index (κ2) is 12.9. The van der Waals surface area contributed by atoms with E-state index in [1.165, 1.54) is 17.7 Å².